The minimum atomic E-state index is -3.77. The first kappa shape index (κ1) is 24.2. The van der Waals surface area contributed by atoms with Gasteiger partial charge in [-0.05, 0) is 62.3 Å². The molecule has 0 radical (unpaired) electrons. The summed E-state index contributed by atoms with van der Waals surface area (Å²) in [5.74, 6) is 0.458. The van der Waals surface area contributed by atoms with E-state index in [9.17, 15) is 13.2 Å². The topological polar surface area (TPSA) is 66.9 Å². The molecule has 1 amide bonds. The number of morpholine rings is 1. The fourth-order valence-electron chi connectivity index (χ4n) is 4.49. The lowest BCUT2D eigenvalue weighted by molar-refractivity contribution is 0.0686. The Hall–Kier alpha value is -1.93. The van der Waals surface area contributed by atoms with Crippen molar-refractivity contribution in [2.75, 3.05) is 39.4 Å². The molecule has 0 spiro atoms. The minimum absolute atomic E-state index is 0.00935. The van der Waals surface area contributed by atoms with Gasteiger partial charge in [0.25, 0.3) is 5.91 Å². The zero-order valence-corrected chi connectivity index (χ0v) is 20.6. The number of carbonyl (C=O) groups excluding carboxylic acids is 1. The second kappa shape index (κ2) is 10.6. The number of aryl methyl sites for hydroxylation is 2. The Morgan fingerprint density at radius 2 is 1.70 bits per heavy atom. The van der Waals surface area contributed by atoms with Crippen LogP contribution in [0.5, 0.6) is 0 Å². The van der Waals surface area contributed by atoms with Gasteiger partial charge in [-0.1, -0.05) is 41.4 Å². The molecular weight excluding hydrogens is 460 g/mol. The number of benzene rings is 2. The molecule has 2 aromatic carbocycles. The first-order valence-corrected chi connectivity index (χ1v) is 13.4. The van der Waals surface area contributed by atoms with E-state index in [2.05, 4.69) is 31.2 Å². The third kappa shape index (κ3) is 5.77. The summed E-state index contributed by atoms with van der Waals surface area (Å²) in [4.78, 5) is 15.0. The van der Waals surface area contributed by atoms with Crippen LogP contribution in [-0.4, -0.2) is 62.9 Å². The molecule has 2 heterocycles. The van der Waals surface area contributed by atoms with E-state index in [1.54, 1.807) is 6.07 Å². The maximum absolute atomic E-state index is 13.1. The zero-order valence-electron chi connectivity index (χ0n) is 19.0. The molecule has 0 N–H and O–H groups in total. The van der Waals surface area contributed by atoms with Crippen LogP contribution in [0.3, 0.4) is 0 Å². The van der Waals surface area contributed by atoms with Crippen molar-refractivity contribution in [1.82, 2.24) is 9.21 Å². The van der Waals surface area contributed by atoms with Crippen LogP contribution in [-0.2, 0) is 21.2 Å². The smallest absolute Gasteiger partial charge is 0.253 e. The average Bonchev–Trinajstić information content (AvgIpc) is 2.84. The van der Waals surface area contributed by atoms with Crippen molar-refractivity contribution in [1.29, 1.82) is 0 Å². The number of carbonyl (C=O) groups is 1. The van der Waals surface area contributed by atoms with Crippen LogP contribution in [0, 0.1) is 12.8 Å². The van der Waals surface area contributed by atoms with Crippen molar-refractivity contribution < 1.29 is 17.9 Å². The second-order valence-corrected chi connectivity index (χ2v) is 11.2. The number of hydrogen-bond donors (Lipinski definition) is 0. The summed E-state index contributed by atoms with van der Waals surface area (Å²) in [7, 11) is -3.77. The van der Waals surface area contributed by atoms with Gasteiger partial charge in [0.1, 0.15) is 4.90 Å². The number of halogens is 1. The lowest BCUT2D eigenvalue weighted by atomic mass is 9.90. The lowest BCUT2D eigenvalue weighted by Gasteiger charge is -2.32. The monoisotopic (exact) mass is 490 g/mol. The molecule has 6 nitrogen and oxygen atoms in total. The van der Waals surface area contributed by atoms with Crippen LogP contribution in [0.15, 0.2) is 47.4 Å². The number of sulfonamides is 1. The Balaban J connectivity index is 1.37. The molecule has 2 aliphatic heterocycles. The van der Waals surface area contributed by atoms with E-state index in [0.29, 0.717) is 37.8 Å². The minimum Gasteiger partial charge on any atom is -0.379 e. The van der Waals surface area contributed by atoms with Crippen molar-refractivity contribution in [2.24, 2.45) is 5.92 Å². The standard InChI is InChI=1S/C25H31ClN2O4S/c1-19-2-4-20(5-3-19)6-7-21-10-12-27(13-11-21)25(29)22-8-9-23(26)24(18-22)33(30,31)28-14-16-32-17-15-28/h2-5,8-9,18,21H,6-7,10-17H2,1H3. The highest BCUT2D eigenvalue weighted by atomic mass is 35.5. The average molecular weight is 491 g/mol. The first-order chi connectivity index (χ1) is 15.8. The Labute approximate surface area is 201 Å². The molecular formula is C25H31ClN2O4S. The summed E-state index contributed by atoms with van der Waals surface area (Å²) >= 11 is 6.24. The quantitative estimate of drug-likeness (QED) is 0.610. The SMILES string of the molecule is Cc1ccc(CCC2CCN(C(=O)c3ccc(Cl)c(S(=O)(=O)N4CCOCC4)c3)CC2)cc1. The van der Waals surface area contributed by atoms with E-state index < -0.39 is 10.0 Å². The van der Waals surface area contributed by atoms with Gasteiger partial charge in [-0.25, -0.2) is 8.42 Å². The number of nitrogens with zero attached hydrogens (tertiary/aromatic N) is 2. The number of hydrogen-bond acceptors (Lipinski definition) is 4. The van der Waals surface area contributed by atoms with E-state index in [1.807, 2.05) is 4.90 Å². The Morgan fingerprint density at radius 1 is 1.03 bits per heavy atom. The van der Waals surface area contributed by atoms with E-state index in [4.69, 9.17) is 16.3 Å². The highest BCUT2D eigenvalue weighted by Gasteiger charge is 2.30. The Morgan fingerprint density at radius 3 is 2.36 bits per heavy atom. The molecule has 0 bridgehead atoms. The van der Waals surface area contributed by atoms with Gasteiger partial charge in [0.05, 0.1) is 18.2 Å². The largest absolute Gasteiger partial charge is 0.379 e. The van der Waals surface area contributed by atoms with Gasteiger partial charge in [-0.2, -0.15) is 4.31 Å². The molecule has 0 saturated carbocycles. The highest BCUT2D eigenvalue weighted by molar-refractivity contribution is 7.89. The Bertz CT molecular complexity index is 1070. The number of rotatable bonds is 6. The summed E-state index contributed by atoms with van der Waals surface area (Å²) in [6.07, 6.45) is 4.10. The van der Waals surface area contributed by atoms with Gasteiger partial charge in [0.15, 0.2) is 0 Å². The van der Waals surface area contributed by atoms with Crippen molar-refractivity contribution >= 4 is 27.5 Å². The maximum atomic E-state index is 13.1. The van der Waals surface area contributed by atoms with Crippen LogP contribution in [0.4, 0.5) is 0 Å². The molecule has 0 atom stereocenters. The molecule has 0 unspecified atom stereocenters. The summed E-state index contributed by atoms with van der Waals surface area (Å²) < 4.78 is 32.8. The zero-order chi connectivity index (χ0) is 23.4. The predicted molar refractivity (Wildman–Crippen MR) is 129 cm³/mol. The van der Waals surface area contributed by atoms with E-state index >= 15 is 0 Å². The normalized spacial score (nSPS) is 18.4. The summed E-state index contributed by atoms with van der Waals surface area (Å²) in [5, 5.41) is 0.132. The molecule has 4 rings (SSSR count). The van der Waals surface area contributed by atoms with Crippen LogP contribution in [0.1, 0.15) is 40.7 Å². The number of amides is 1. The Kier molecular flexibility index (Phi) is 7.74. The van der Waals surface area contributed by atoms with Gasteiger partial charge in [-0.3, -0.25) is 4.79 Å². The first-order valence-electron chi connectivity index (χ1n) is 11.6. The molecule has 2 saturated heterocycles. The fourth-order valence-corrected chi connectivity index (χ4v) is 6.40. The number of ether oxygens (including phenoxy) is 1. The van der Waals surface area contributed by atoms with Crippen molar-refractivity contribution in [3.63, 3.8) is 0 Å². The third-order valence-electron chi connectivity index (χ3n) is 6.63. The van der Waals surface area contributed by atoms with Gasteiger partial charge in [0.2, 0.25) is 10.0 Å². The lowest BCUT2D eigenvalue weighted by Crippen LogP contribution is -2.41. The summed E-state index contributed by atoms with van der Waals surface area (Å²) in [6, 6.07) is 13.2. The molecule has 0 aromatic heterocycles. The van der Waals surface area contributed by atoms with E-state index in [-0.39, 0.29) is 28.9 Å². The second-order valence-electron chi connectivity index (χ2n) is 8.92. The fraction of sp³-hybridized carbons (Fsp3) is 0.480. The predicted octanol–water partition coefficient (Wildman–Crippen LogP) is 4.15. The van der Waals surface area contributed by atoms with Crippen molar-refractivity contribution in [2.45, 2.75) is 37.5 Å². The van der Waals surface area contributed by atoms with E-state index in [1.165, 1.54) is 27.6 Å². The van der Waals surface area contributed by atoms with Crippen LogP contribution in [0.2, 0.25) is 5.02 Å². The third-order valence-corrected chi connectivity index (χ3v) is 9.01. The molecule has 178 valence electrons. The van der Waals surface area contributed by atoms with Gasteiger partial charge >= 0.3 is 0 Å². The maximum Gasteiger partial charge on any atom is 0.253 e. The molecule has 2 aromatic rings. The molecule has 2 aliphatic rings. The van der Waals surface area contributed by atoms with Crippen LogP contribution >= 0.6 is 11.6 Å². The van der Waals surface area contributed by atoms with Crippen molar-refractivity contribution in [3.8, 4) is 0 Å². The number of likely N-dealkylation sites (tertiary alicyclic amines) is 1. The van der Waals surface area contributed by atoms with Crippen LogP contribution in [0.25, 0.3) is 0 Å². The highest BCUT2D eigenvalue weighted by Crippen LogP contribution is 2.28. The molecule has 2 fully saturated rings. The van der Waals surface area contributed by atoms with Gasteiger partial charge < -0.3 is 9.64 Å². The molecule has 0 aliphatic carbocycles. The van der Waals surface area contributed by atoms with E-state index in [0.717, 1.165) is 25.7 Å². The van der Waals surface area contributed by atoms with Gasteiger partial charge in [0, 0.05) is 31.7 Å². The number of piperidine rings is 1. The molecule has 8 heteroatoms. The van der Waals surface area contributed by atoms with Crippen LogP contribution < -0.4 is 0 Å². The molecule has 33 heavy (non-hydrogen) atoms. The summed E-state index contributed by atoms with van der Waals surface area (Å²) in [5.41, 5.74) is 2.99. The van der Waals surface area contributed by atoms with Gasteiger partial charge in [-0.15, -0.1) is 0 Å². The summed E-state index contributed by atoms with van der Waals surface area (Å²) in [6.45, 7) is 4.75. The van der Waals surface area contributed by atoms with Crippen molar-refractivity contribution in [3.05, 3.63) is 64.2 Å².